The lowest BCUT2D eigenvalue weighted by Gasteiger charge is -2.29. The molecule has 0 bridgehead atoms. The zero-order valence-electron chi connectivity index (χ0n) is 27.7. The highest BCUT2D eigenvalue weighted by atomic mass is 16.6. The molecule has 1 aliphatic carbocycles. The number of hydrogen-bond acceptors (Lipinski definition) is 9. The van der Waals surface area contributed by atoms with Crippen LogP contribution in [-0.4, -0.2) is 79.2 Å². The maximum Gasteiger partial charge on any atom is 0.407 e. The van der Waals surface area contributed by atoms with E-state index in [0.29, 0.717) is 12.8 Å². The van der Waals surface area contributed by atoms with E-state index in [1.165, 1.54) is 0 Å². The number of carbonyl (C=O) groups excluding carboxylic acids is 6. The van der Waals surface area contributed by atoms with E-state index in [1.54, 1.807) is 41.5 Å². The fourth-order valence-electron chi connectivity index (χ4n) is 4.52. The predicted molar refractivity (Wildman–Crippen MR) is 172 cm³/mol. The van der Waals surface area contributed by atoms with Gasteiger partial charge in [0.1, 0.15) is 24.4 Å². The van der Waals surface area contributed by atoms with Crippen LogP contribution in [0.25, 0.3) is 11.1 Å². The van der Waals surface area contributed by atoms with E-state index < -0.39 is 72.6 Å². The molecule has 0 fully saturated rings. The van der Waals surface area contributed by atoms with Crippen LogP contribution in [0, 0.1) is 0 Å². The number of carbonyl (C=O) groups is 6. The lowest BCUT2D eigenvalue weighted by atomic mass is 9.98. The minimum Gasteiger partial charge on any atom is -0.458 e. The van der Waals surface area contributed by atoms with Crippen LogP contribution in [0.2, 0.25) is 0 Å². The molecule has 254 valence electrons. The van der Waals surface area contributed by atoms with Gasteiger partial charge in [0.25, 0.3) is 0 Å². The highest BCUT2D eigenvalue weighted by Gasteiger charge is 2.37. The second-order valence-electron chi connectivity index (χ2n) is 12.3. The van der Waals surface area contributed by atoms with E-state index in [1.807, 2.05) is 48.5 Å². The molecule has 2 aromatic rings. The number of alkyl carbamates (subject to hydrolysis) is 1. The summed E-state index contributed by atoms with van der Waals surface area (Å²) in [5.74, 6) is -4.38. The summed E-state index contributed by atoms with van der Waals surface area (Å²) in [7, 11) is 0. The van der Waals surface area contributed by atoms with Crippen LogP contribution < -0.4 is 21.3 Å². The average molecular weight is 653 g/mol. The molecule has 0 saturated heterocycles. The van der Waals surface area contributed by atoms with Gasteiger partial charge in [0.05, 0.1) is 13.1 Å². The number of rotatable bonds is 15. The minimum atomic E-state index is -1.75. The van der Waals surface area contributed by atoms with Crippen molar-refractivity contribution in [1.82, 2.24) is 21.3 Å². The smallest absolute Gasteiger partial charge is 0.407 e. The molecule has 3 rings (SSSR count). The Morgan fingerprint density at radius 1 is 0.660 bits per heavy atom. The van der Waals surface area contributed by atoms with Crippen molar-refractivity contribution >= 4 is 35.8 Å². The summed E-state index contributed by atoms with van der Waals surface area (Å²) >= 11 is 0. The van der Waals surface area contributed by atoms with E-state index in [4.69, 9.17) is 14.2 Å². The number of benzene rings is 2. The largest absolute Gasteiger partial charge is 0.458 e. The highest BCUT2D eigenvalue weighted by Crippen LogP contribution is 2.44. The molecule has 13 heteroatoms. The second-order valence-corrected chi connectivity index (χ2v) is 12.3. The van der Waals surface area contributed by atoms with Crippen LogP contribution in [0.1, 0.15) is 71.4 Å². The molecule has 0 saturated carbocycles. The SMILES string of the molecule is CCC(C)(C)OC(=O)C(NC(=O)CNC(=O)CNC(=O)CNC(=O)OCC1c2ccccc2-c2ccccc21)C(=O)OC(C)(C)CC. The van der Waals surface area contributed by atoms with E-state index in [0.717, 1.165) is 22.3 Å². The van der Waals surface area contributed by atoms with Crippen molar-refractivity contribution < 1.29 is 43.0 Å². The van der Waals surface area contributed by atoms with Crippen molar-refractivity contribution in [2.75, 3.05) is 26.2 Å². The number of fused-ring (bicyclic) bond motifs is 3. The van der Waals surface area contributed by atoms with Crippen molar-refractivity contribution in [3.8, 4) is 11.1 Å². The number of ether oxygens (including phenoxy) is 3. The summed E-state index contributed by atoms with van der Waals surface area (Å²) in [6, 6.07) is 14.0. The summed E-state index contributed by atoms with van der Waals surface area (Å²) < 4.78 is 16.2. The maximum absolute atomic E-state index is 12.8. The predicted octanol–water partition coefficient (Wildman–Crippen LogP) is 2.71. The Balaban J connectivity index is 1.41. The molecule has 2 aromatic carbocycles. The number of amides is 4. The number of nitrogens with one attached hydrogen (secondary N) is 4. The quantitative estimate of drug-likeness (QED) is 0.128. The van der Waals surface area contributed by atoms with Gasteiger partial charge in [0, 0.05) is 5.92 Å². The van der Waals surface area contributed by atoms with Gasteiger partial charge in [-0.25, -0.2) is 14.4 Å². The zero-order chi connectivity index (χ0) is 34.8. The van der Waals surface area contributed by atoms with Crippen LogP contribution in [0.3, 0.4) is 0 Å². The van der Waals surface area contributed by atoms with Gasteiger partial charge in [-0.3, -0.25) is 14.4 Å². The highest BCUT2D eigenvalue weighted by molar-refractivity contribution is 6.03. The van der Waals surface area contributed by atoms with Crippen molar-refractivity contribution in [2.24, 2.45) is 0 Å². The van der Waals surface area contributed by atoms with Crippen LogP contribution in [-0.2, 0) is 38.2 Å². The first-order valence-corrected chi connectivity index (χ1v) is 15.5. The molecule has 0 aliphatic heterocycles. The van der Waals surface area contributed by atoms with Crippen LogP contribution in [0.5, 0.6) is 0 Å². The lowest BCUT2D eigenvalue weighted by Crippen LogP contribution is -2.54. The van der Waals surface area contributed by atoms with Crippen molar-refractivity contribution in [1.29, 1.82) is 0 Å². The Hall–Kier alpha value is -4.94. The molecule has 0 radical (unpaired) electrons. The van der Waals surface area contributed by atoms with Gasteiger partial charge < -0.3 is 35.5 Å². The molecule has 0 spiro atoms. The Labute approximate surface area is 274 Å². The summed E-state index contributed by atoms with van der Waals surface area (Å²) in [5, 5.41) is 9.23. The molecule has 47 heavy (non-hydrogen) atoms. The van der Waals surface area contributed by atoms with Gasteiger partial charge in [-0.2, -0.15) is 0 Å². The Kier molecular flexibility index (Phi) is 12.5. The monoisotopic (exact) mass is 652 g/mol. The van der Waals surface area contributed by atoms with Crippen molar-refractivity contribution in [3.63, 3.8) is 0 Å². The fraction of sp³-hybridized carbons (Fsp3) is 0.471. The van der Waals surface area contributed by atoms with Crippen molar-refractivity contribution in [3.05, 3.63) is 59.7 Å². The topological polar surface area (TPSA) is 178 Å². The first-order chi connectivity index (χ1) is 22.2. The molecule has 0 aromatic heterocycles. The van der Waals surface area contributed by atoms with Gasteiger partial charge in [0.2, 0.25) is 23.8 Å². The number of hydrogen-bond donors (Lipinski definition) is 4. The minimum absolute atomic E-state index is 0.0784. The summed E-state index contributed by atoms with van der Waals surface area (Å²) in [4.78, 5) is 74.9. The van der Waals surface area contributed by atoms with E-state index >= 15 is 0 Å². The van der Waals surface area contributed by atoms with Gasteiger partial charge in [0.15, 0.2) is 0 Å². The first-order valence-electron chi connectivity index (χ1n) is 15.5. The maximum atomic E-state index is 12.8. The lowest BCUT2D eigenvalue weighted by molar-refractivity contribution is -0.173. The molecule has 13 nitrogen and oxygen atoms in total. The molecule has 4 amide bonds. The van der Waals surface area contributed by atoms with Crippen LogP contribution >= 0.6 is 0 Å². The van der Waals surface area contributed by atoms with Crippen molar-refractivity contribution in [2.45, 2.75) is 77.5 Å². The molecular weight excluding hydrogens is 608 g/mol. The molecule has 1 aliphatic rings. The summed E-state index contributed by atoms with van der Waals surface area (Å²) in [6.45, 7) is 8.77. The standard InChI is InChI=1S/C34H44N4O9/c1-7-33(3,4)46-30(42)29(31(43)47-34(5,6)8-2)38-28(41)19-36-26(39)17-35-27(40)18-37-32(44)45-20-25-23-15-11-9-13-21(23)22-14-10-12-16-24(22)25/h9-16,25,29H,7-8,17-20H2,1-6H3,(H,35,40)(H,36,39)(H,37,44)(H,38,41). The van der Waals surface area contributed by atoms with Crippen LogP contribution in [0.4, 0.5) is 4.79 Å². The van der Waals surface area contributed by atoms with Gasteiger partial charge in [-0.1, -0.05) is 62.4 Å². The normalized spacial score (nSPS) is 12.3. The summed E-state index contributed by atoms with van der Waals surface area (Å²) in [6.07, 6.45) is 0.120. The van der Waals surface area contributed by atoms with Gasteiger partial charge in [-0.15, -0.1) is 0 Å². The van der Waals surface area contributed by atoms with Crippen LogP contribution in [0.15, 0.2) is 48.5 Å². The zero-order valence-corrected chi connectivity index (χ0v) is 27.7. The summed E-state index contributed by atoms with van der Waals surface area (Å²) in [5.41, 5.74) is 2.48. The fourth-order valence-corrected chi connectivity index (χ4v) is 4.52. The van der Waals surface area contributed by atoms with E-state index in [-0.39, 0.29) is 12.5 Å². The van der Waals surface area contributed by atoms with Gasteiger partial charge in [-0.05, 0) is 62.8 Å². The molecule has 0 unspecified atom stereocenters. The third-order valence-corrected chi connectivity index (χ3v) is 7.86. The second kappa shape index (κ2) is 16.1. The third kappa shape index (κ3) is 10.5. The Morgan fingerprint density at radius 3 is 1.55 bits per heavy atom. The molecule has 0 atom stereocenters. The van der Waals surface area contributed by atoms with Gasteiger partial charge >= 0.3 is 18.0 Å². The van der Waals surface area contributed by atoms with E-state index in [9.17, 15) is 28.8 Å². The first kappa shape index (κ1) is 36.5. The third-order valence-electron chi connectivity index (χ3n) is 7.86. The molecule has 0 heterocycles. The van der Waals surface area contributed by atoms with E-state index in [2.05, 4.69) is 21.3 Å². The number of esters is 2. The molecular formula is C34H44N4O9. The average Bonchev–Trinajstić information content (AvgIpc) is 3.36. The molecule has 4 N–H and O–H groups in total. The Bertz CT molecular complexity index is 1410. The Morgan fingerprint density at radius 2 is 1.09 bits per heavy atom.